The number of nitrogens with zero attached hydrogens (tertiary/aromatic N) is 7. The number of H-pyrrole nitrogens is 2. The van der Waals surface area contributed by atoms with Crippen LogP contribution in [0.2, 0.25) is 0 Å². The number of rotatable bonds is 8. The molecule has 0 aliphatic carbocycles. The number of aromatic amines is 2. The number of hydrogen-bond acceptors (Lipinski definition) is 9. The molecule has 0 amide bonds. The number of fused-ring (bicyclic) bond motifs is 2. The van der Waals surface area contributed by atoms with Crippen molar-refractivity contribution in [2.45, 2.75) is 18.9 Å². The minimum atomic E-state index is -0.353. The maximum absolute atomic E-state index is 14.8. The number of ether oxygens (including phenoxy) is 1. The molecule has 0 atom stereocenters. The maximum atomic E-state index is 14.8. The van der Waals surface area contributed by atoms with E-state index in [0.717, 1.165) is 77.3 Å². The van der Waals surface area contributed by atoms with Crippen LogP contribution in [0.1, 0.15) is 12.8 Å². The third-order valence-corrected chi connectivity index (χ3v) is 8.42. The Hall–Kier alpha value is -4.94. The zero-order valence-electron chi connectivity index (χ0n) is 24.0. The molecule has 7 heterocycles. The summed E-state index contributed by atoms with van der Waals surface area (Å²) >= 11 is 0. The van der Waals surface area contributed by atoms with Gasteiger partial charge in [0.2, 0.25) is 0 Å². The molecule has 11 nitrogen and oxygen atoms in total. The Kier molecular flexibility index (Phi) is 6.64. The highest BCUT2D eigenvalue weighted by Crippen LogP contribution is 2.35. The third kappa shape index (κ3) is 5.01. The predicted octanol–water partition coefficient (Wildman–Crippen LogP) is 4.39. The van der Waals surface area contributed by atoms with Crippen LogP contribution in [0.25, 0.3) is 55.7 Å². The molecule has 2 fully saturated rings. The lowest BCUT2D eigenvalue weighted by molar-refractivity contribution is 0.237. The Morgan fingerprint density at radius 3 is 2.64 bits per heavy atom. The summed E-state index contributed by atoms with van der Waals surface area (Å²) in [7, 11) is 0. The lowest BCUT2D eigenvalue weighted by Crippen LogP contribution is -2.56. The van der Waals surface area contributed by atoms with Gasteiger partial charge in [-0.15, -0.1) is 0 Å². The van der Waals surface area contributed by atoms with Crippen molar-refractivity contribution >= 4 is 27.6 Å². The Bertz CT molecular complexity index is 1980. The first kappa shape index (κ1) is 26.7. The van der Waals surface area contributed by atoms with Gasteiger partial charge in [0.15, 0.2) is 0 Å². The Balaban J connectivity index is 1.11. The molecule has 1 aromatic carbocycles. The van der Waals surface area contributed by atoms with E-state index in [0.29, 0.717) is 29.3 Å². The van der Waals surface area contributed by atoms with Crippen molar-refractivity contribution in [3.05, 3.63) is 67.1 Å². The van der Waals surface area contributed by atoms with Crippen molar-refractivity contribution in [1.82, 2.24) is 40.0 Å². The first-order valence-electron chi connectivity index (χ1n) is 14.9. The van der Waals surface area contributed by atoms with Crippen LogP contribution in [-0.2, 0) is 0 Å². The van der Waals surface area contributed by atoms with Crippen molar-refractivity contribution in [3.8, 4) is 39.7 Å². The number of anilines is 1. The minimum Gasteiger partial charge on any atom is -0.492 e. The van der Waals surface area contributed by atoms with Crippen molar-refractivity contribution in [1.29, 1.82) is 0 Å². The van der Waals surface area contributed by atoms with Gasteiger partial charge in [-0.3, -0.25) is 25.0 Å². The molecule has 44 heavy (non-hydrogen) atoms. The molecule has 6 aromatic rings. The SMILES string of the molecule is NC1CN(c2cncc(-c3cc4c(-c5cc6c(-c7cc(F)cc(OCCN8CCCC8)c7)cncc6[nH]5)n[nH]c4cn3)n2)C1. The second-order valence-corrected chi connectivity index (χ2v) is 11.5. The van der Waals surface area contributed by atoms with Crippen LogP contribution >= 0.6 is 0 Å². The van der Waals surface area contributed by atoms with Gasteiger partial charge < -0.3 is 20.4 Å². The predicted molar refractivity (Wildman–Crippen MR) is 167 cm³/mol. The highest BCUT2D eigenvalue weighted by molar-refractivity contribution is 6.01. The first-order valence-corrected chi connectivity index (χ1v) is 14.9. The molecule has 0 radical (unpaired) electrons. The molecule has 2 aliphatic heterocycles. The average molecular weight is 591 g/mol. The second-order valence-electron chi connectivity index (χ2n) is 11.5. The molecule has 5 aromatic heterocycles. The lowest BCUT2D eigenvalue weighted by atomic mass is 10.0. The first-order chi connectivity index (χ1) is 21.6. The number of likely N-dealkylation sites (tertiary alicyclic amines) is 1. The van der Waals surface area contributed by atoms with Crippen molar-refractivity contribution in [2.24, 2.45) is 5.73 Å². The molecule has 0 bridgehead atoms. The van der Waals surface area contributed by atoms with Crippen LogP contribution in [0.3, 0.4) is 0 Å². The topological polar surface area (TPSA) is 138 Å². The van der Waals surface area contributed by atoms with Crippen molar-refractivity contribution in [2.75, 3.05) is 44.2 Å². The monoisotopic (exact) mass is 590 g/mol. The summed E-state index contributed by atoms with van der Waals surface area (Å²) in [6.07, 6.45) is 11.2. The van der Waals surface area contributed by atoms with Gasteiger partial charge in [-0.2, -0.15) is 5.10 Å². The highest BCUT2D eigenvalue weighted by Gasteiger charge is 2.25. The molecule has 2 saturated heterocycles. The smallest absolute Gasteiger partial charge is 0.147 e. The fourth-order valence-corrected chi connectivity index (χ4v) is 6.10. The zero-order valence-corrected chi connectivity index (χ0v) is 24.0. The van der Waals surface area contributed by atoms with Crippen LogP contribution in [0.4, 0.5) is 10.2 Å². The lowest BCUT2D eigenvalue weighted by Gasteiger charge is -2.37. The molecular formula is C32H31FN10O. The van der Waals surface area contributed by atoms with Gasteiger partial charge in [-0.05, 0) is 55.8 Å². The quantitative estimate of drug-likeness (QED) is 0.236. The van der Waals surface area contributed by atoms with E-state index in [1.165, 1.54) is 25.0 Å². The summed E-state index contributed by atoms with van der Waals surface area (Å²) in [6, 6.07) is 8.98. The van der Waals surface area contributed by atoms with Crippen molar-refractivity contribution < 1.29 is 9.13 Å². The standard InChI is InChI=1S/C32H31FN10O/c33-20-7-19(8-22(9-20)44-6-5-42-3-1-2-4-42)25-12-35-13-28-23(25)10-27(38-28)32-24-11-26(37-15-29(24)40-41-32)30-14-36-16-31(39-30)43-17-21(34)18-43/h7-16,21,38H,1-6,17-18,34H2,(H,40,41). The Morgan fingerprint density at radius 2 is 1.77 bits per heavy atom. The summed E-state index contributed by atoms with van der Waals surface area (Å²) < 4.78 is 20.7. The van der Waals surface area contributed by atoms with Crippen LogP contribution in [0.15, 0.2) is 61.3 Å². The molecule has 0 saturated carbocycles. The normalized spacial score (nSPS) is 15.8. The Morgan fingerprint density at radius 1 is 0.909 bits per heavy atom. The molecule has 8 rings (SSSR count). The van der Waals surface area contributed by atoms with E-state index < -0.39 is 0 Å². The fraction of sp³-hybridized carbons (Fsp3) is 0.281. The molecule has 4 N–H and O–H groups in total. The number of aromatic nitrogens is 7. The Labute approximate surface area is 252 Å². The van der Waals surface area contributed by atoms with E-state index in [4.69, 9.17) is 15.5 Å². The van der Waals surface area contributed by atoms with Crippen LogP contribution in [-0.4, -0.2) is 85.4 Å². The average Bonchev–Trinajstić information content (AvgIpc) is 3.78. The van der Waals surface area contributed by atoms with Gasteiger partial charge in [-0.25, -0.2) is 9.37 Å². The van der Waals surface area contributed by atoms with Gasteiger partial charge in [0.1, 0.15) is 35.4 Å². The van der Waals surface area contributed by atoms with E-state index in [9.17, 15) is 4.39 Å². The molecule has 222 valence electrons. The van der Waals surface area contributed by atoms with E-state index in [2.05, 4.69) is 39.9 Å². The van der Waals surface area contributed by atoms with Gasteiger partial charge in [0, 0.05) is 54.3 Å². The maximum Gasteiger partial charge on any atom is 0.147 e. The number of nitrogens with two attached hydrogens (primary N) is 1. The van der Waals surface area contributed by atoms with Gasteiger partial charge in [-0.1, -0.05) is 0 Å². The summed E-state index contributed by atoms with van der Waals surface area (Å²) in [6.45, 7) is 5.07. The molecule has 2 aliphatic rings. The van der Waals surface area contributed by atoms with E-state index in [-0.39, 0.29) is 11.9 Å². The number of benzene rings is 1. The third-order valence-electron chi connectivity index (χ3n) is 8.42. The number of hydrogen-bond donors (Lipinski definition) is 3. The molecule has 12 heteroatoms. The second kappa shape index (κ2) is 11.0. The summed E-state index contributed by atoms with van der Waals surface area (Å²) in [5.41, 5.74) is 11.9. The number of nitrogens with one attached hydrogen (secondary N) is 2. The van der Waals surface area contributed by atoms with E-state index in [1.807, 2.05) is 18.2 Å². The minimum absolute atomic E-state index is 0.163. The number of halogens is 1. The van der Waals surface area contributed by atoms with E-state index >= 15 is 0 Å². The van der Waals surface area contributed by atoms with E-state index in [1.54, 1.807) is 31.0 Å². The van der Waals surface area contributed by atoms with Gasteiger partial charge >= 0.3 is 0 Å². The van der Waals surface area contributed by atoms with Crippen LogP contribution in [0.5, 0.6) is 5.75 Å². The molecule has 0 spiro atoms. The largest absolute Gasteiger partial charge is 0.492 e. The molecular weight excluding hydrogens is 559 g/mol. The summed E-state index contributed by atoms with van der Waals surface area (Å²) in [5, 5.41) is 9.48. The van der Waals surface area contributed by atoms with Gasteiger partial charge in [0.05, 0.1) is 47.2 Å². The molecule has 0 unspecified atom stereocenters. The summed E-state index contributed by atoms with van der Waals surface area (Å²) in [4.78, 5) is 26.2. The fourth-order valence-electron chi connectivity index (χ4n) is 6.10. The highest BCUT2D eigenvalue weighted by atomic mass is 19.1. The summed E-state index contributed by atoms with van der Waals surface area (Å²) in [5.74, 6) is 0.940. The van der Waals surface area contributed by atoms with Crippen LogP contribution in [0, 0.1) is 5.82 Å². The zero-order chi connectivity index (χ0) is 29.6. The van der Waals surface area contributed by atoms with Crippen molar-refractivity contribution in [3.63, 3.8) is 0 Å². The van der Waals surface area contributed by atoms with Gasteiger partial charge in [0.25, 0.3) is 0 Å². The number of pyridine rings is 2. The van der Waals surface area contributed by atoms with Crippen LogP contribution < -0.4 is 15.4 Å².